The van der Waals surface area contributed by atoms with Gasteiger partial charge in [0, 0.05) is 23.5 Å². The van der Waals surface area contributed by atoms with Gasteiger partial charge in [0.2, 0.25) is 0 Å². The van der Waals surface area contributed by atoms with E-state index in [1.807, 2.05) is 0 Å². The molecule has 0 saturated carbocycles. The molecular formula is C12H18Cl4O9P2. The quantitative estimate of drug-likeness (QED) is 0.151. The number of esters is 2. The van der Waals surface area contributed by atoms with E-state index in [-0.39, 0.29) is 49.9 Å². The van der Waals surface area contributed by atoms with Crippen molar-refractivity contribution in [3.63, 3.8) is 0 Å². The van der Waals surface area contributed by atoms with E-state index < -0.39 is 38.4 Å². The molecule has 9 nitrogen and oxygen atoms in total. The van der Waals surface area contributed by atoms with Gasteiger partial charge in [-0.2, -0.15) is 0 Å². The van der Waals surface area contributed by atoms with Crippen LogP contribution in [-0.2, 0) is 41.6 Å². The summed E-state index contributed by atoms with van der Waals surface area (Å²) in [5.41, 5.74) is -3.76. The molecule has 1 aliphatic heterocycles. The van der Waals surface area contributed by atoms with E-state index >= 15 is 0 Å². The summed E-state index contributed by atoms with van der Waals surface area (Å²) < 4.78 is 51.4. The molecule has 0 N–H and O–H groups in total. The van der Waals surface area contributed by atoms with Crippen molar-refractivity contribution in [2.24, 2.45) is 0 Å². The Bertz CT molecular complexity index is 531. The van der Waals surface area contributed by atoms with Gasteiger partial charge < -0.3 is 22.8 Å². The third-order valence-corrected chi connectivity index (χ3v) is 8.46. The second-order valence-corrected chi connectivity index (χ2v) is 10.6. The number of hydrogen-bond donors (Lipinski definition) is 0. The lowest BCUT2D eigenvalue weighted by Gasteiger charge is -2.28. The van der Waals surface area contributed by atoms with Gasteiger partial charge in [-0.05, 0) is 0 Å². The maximum atomic E-state index is 13.2. The Morgan fingerprint density at radius 2 is 0.926 bits per heavy atom. The number of hydrogen-bond acceptors (Lipinski definition) is 9. The highest BCUT2D eigenvalue weighted by Gasteiger charge is 2.64. The molecule has 0 aromatic rings. The smallest absolute Gasteiger partial charge is 0.346 e. The summed E-state index contributed by atoms with van der Waals surface area (Å²) in [6.45, 7) is -1.11. The molecule has 0 amide bonds. The van der Waals surface area contributed by atoms with Crippen molar-refractivity contribution in [2.75, 3.05) is 49.9 Å². The van der Waals surface area contributed by atoms with Gasteiger partial charge in [0.25, 0.3) is 0 Å². The maximum absolute atomic E-state index is 13.2. The van der Waals surface area contributed by atoms with Crippen LogP contribution < -0.4 is 0 Å². The minimum atomic E-state index is -4.37. The van der Waals surface area contributed by atoms with Gasteiger partial charge in [0.1, 0.15) is 0 Å². The summed E-state index contributed by atoms with van der Waals surface area (Å²) >= 11 is 22.1. The van der Waals surface area contributed by atoms with Crippen molar-refractivity contribution in [3.8, 4) is 0 Å². The SMILES string of the molecule is O=C1OC(=O)C(P(=O)(OCCCl)OCCCl)C1P(=O)(OCCCl)OCCCl. The van der Waals surface area contributed by atoms with Crippen molar-refractivity contribution >= 4 is 73.5 Å². The molecule has 1 aliphatic rings. The molecule has 158 valence electrons. The zero-order valence-corrected chi connectivity index (χ0v) is 18.7. The number of alkyl halides is 4. The second kappa shape index (κ2) is 12.3. The average Bonchev–Trinajstić information content (AvgIpc) is 2.96. The fraction of sp³-hybridized carbons (Fsp3) is 0.833. The van der Waals surface area contributed by atoms with Crippen LogP contribution in [0.15, 0.2) is 0 Å². The van der Waals surface area contributed by atoms with Gasteiger partial charge >= 0.3 is 27.1 Å². The third-order valence-electron chi connectivity index (χ3n) is 3.06. The first-order chi connectivity index (χ1) is 12.8. The lowest BCUT2D eigenvalue weighted by Crippen LogP contribution is -2.33. The molecule has 1 rings (SSSR count). The van der Waals surface area contributed by atoms with Crippen molar-refractivity contribution in [2.45, 2.75) is 11.3 Å². The largest absolute Gasteiger partial charge is 0.392 e. The number of carbonyl (C=O) groups excluding carboxylic acids is 2. The Kier molecular flexibility index (Phi) is 11.7. The van der Waals surface area contributed by atoms with E-state index in [4.69, 9.17) is 64.5 Å². The molecule has 0 aliphatic carbocycles. The highest BCUT2D eigenvalue weighted by Crippen LogP contribution is 2.66. The average molecular weight is 510 g/mol. The molecule has 2 unspecified atom stereocenters. The highest BCUT2D eigenvalue weighted by molar-refractivity contribution is 7.61. The zero-order valence-electron chi connectivity index (χ0n) is 13.9. The molecule has 0 aromatic heterocycles. The monoisotopic (exact) mass is 508 g/mol. The first kappa shape index (κ1) is 25.6. The summed E-state index contributed by atoms with van der Waals surface area (Å²) in [4.78, 5) is 24.5. The Hall–Kier alpha value is 0.600. The van der Waals surface area contributed by atoms with Crippen LogP contribution in [0.4, 0.5) is 0 Å². The Labute approximate surface area is 176 Å². The van der Waals surface area contributed by atoms with E-state index in [0.717, 1.165) is 0 Å². The number of rotatable bonds is 14. The van der Waals surface area contributed by atoms with Crippen molar-refractivity contribution in [3.05, 3.63) is 0 Å². The lowest BCUT2D eigenvalue weighted by molar-refractivity contribution is -0.151. The van der Waals surface area contributed by atoms with Gasteiger partial charge in [-0.1, -0.05) is 0 Å². The van der Waals surface area contributed by atoms with Crippen molar-refractivity contribution < 1.29 is 41.6 Å². The summed E-state index contributed by atoms with van der Waals surface area (Å²) in [5, 5.41) is 0. The predicted octanol–water partition coefficient (Wildman–Crippen LogP) is 3.21. The fourth-order valence-corrected chi connectivity index (χ4v) is 7.57. The molecule has 2 atom stereocenters. The van der Waals surface area contributed by atoms with Crippen molar-refractivity contribution in [1.82, 2.24) is 0 Å². The van der Waals surface area contributed by atoms with Gasteiger partial charge in [-0.15, -0.1) is 46.4 Å². The standard InChI is InChI=1S/C12H18Cl4O9P2/c13-1-5-21-26(19,22-6-2-14)9-10(12(18)25-11(9)17)27(20,23-7-3-15)24-8-4-16/h9-10H,1-8H2. The van der Waals surface area contributed by atoms with Gasteiger partial charge in [-0.25, -0.2) is 0 Å². The Morgan fingerprint density at radius 1 is 0.667 bits per heavy atom. The molecular weight excluding hydrogens is 492 g/mol. The molecule has 1 fully saturated rings. The summed E-state index contributed by atoms with van der Waals surface area (Å²) in [7, 11) is -8.75. The van der Waals surface area contributed by atoms with E-state index in [1.54, 1.807) is 0 Å². The van der Waals surface area contributed by atoms with E-state index in [0.29, 0.717) is 0 Å². The third kappa shape index (κ3) is 6.82. The van der Waals surface area contributed by atoms with Crippen LogP contribution in [0.2, 0.25) is 0 Å². The molecule has 1 saturated heterocycles. The second-order valence-electron chi connectivity index (χ2n) is 4.80. The normalized spacial score (nSPS) is 20.9. The fourth-order valence-electron chi connectivity index (χ4n) is 2.12. The first-order valence-electron chi connectivity index (χ1n) is 7.56. The summed E-state index contributed by atoms with van der Waals surface area (Å²) in [5.74, 6) is -2.84. The first-order valence-corrected chi connectivity index (χ1v) is 12.9. The topological polar surface area (TPSA) is 114 Å². The predicted molar refractivity (Wildman–Crippen MR) is 101 cm³/mol. The minimum Gasteiger partial charge on any atom is -0.392 e. The summed E-state index contributed by atoms with van der Waals surface area (Å²) in [6, 6.07) is 0. The van der Waals surface area contributed by atoms with Gasteiger partial charge in [0.05, 0.1) is 26.4 Å². The van der Waals surface area contributed by atoms with E-state index in [1.165, 1.54) is 0 Å². The minimum absolute atomic E-state index is 0.0856. The van der Waals surface area contributed by atoms with Crippen LogP contribution in [0.1, 0.15) is 0 Å². The molecule has 1 heterocycles. The van der Waals surface area contributed by atoms with Gasteiger partial charge in [0.15, 0.2) is 11.3 Å². The van der Waals surface area contributed by atoms with Crippen LogP contribution in [0.5, 0.6) is 0 Å². The Morgan fingerprint density at radius 3 is 1.15 bits per heavy atom. The zero-order chi connectivity index (χ0) is 20.5. The lowest BCUT2D eigenvalue weighted by atomic mass is 10.3. The molecule has 0 aromatic carbocycles. The Balaban J connectivity index is 3.32. The number of cyclic esters (lactones) is 2. The molecule has 0 radical (unpaired) electrons. The molecule has 27 heavy (non-hydrogen) atoms. The van der Waals surface area contributed by atoms with Crippen LogP contribution in [0.3, 0.4) is 0 Å². The van der Waals surface area contributed by atoms with Crippen molar-refractivity contribution in [1.29, 1.82) is 0 Å². The summed E-state index contributed by atoms with van der Waals surface area (Å²) in [6.07, 6.45) is 0. The number of halogens is 4. The van der Waals surface area contributed by atoms with Gasteiger partial charge in [-0.3, -0.25) is 18.7 Å². The van der Waals surface area contributed by atoms with Crippen LogP contribution in [0, 0.1) is 0 Å². The number of carbonyl (C=O) groups is 2. The van der Waals surface area contributed by atoms with Crippen LogP contribution in [0.25, 0.3) is 0 Å². The molecule has 0 bridgehead atoms. The van der Waals surface area contributed by atoms with E-state index in [2.05, 4.69) is 4.74 Å². The maximum Gasteiger partial charge on any atom is 0.346 e. The molecule has 0 spiro atoms. The van der Waals surface area contributed by atoms with Crippen LogP contribution in [-0.4, -0.2) is 73.2 Å². The molecule has 15 heteroatoms. The highest BCUT2D eigenvalue weighted by atomic mass is 35.5. The number of ether oxygens (including phenoxy) is 1. The van der Waals surface area contributed by atoms with E-state index in [9.17, 15) is 18.7 Å². The van der Waals surface area contributed by atoms with Crippen LogP contribution >= 0.6 is 61.6 Å².